The monoisotopic (exact) mass is 154 g/mol. The highest BCUT2D eigenvalue weighted by Crippen LogP contribution is 1.97. The van der Waals surface area contributed by atoms with Gasteiger partial charge in [0.15, 0.2) is 0 Å². The molecule has 3 nitrogen and oxygen atoms in total. The van der Waals surface area contributed by atoms with Crippen molar-refractivity contribution < 1.29 is 4.52 Å². The molecule has 11 heavy (non-hydrogen) atoms. The van der Waals surface area contributed by atoms with E-state index in [2.05, 4.69) is 17.4 Å². The third-order valence-corrected chi connectivity index (χ3v) is 1.53. The van der Waals surface area contributed by atoms with E-state index in [4.69, 9.17) is 4.52 Å². The maximum atomic E-state index is 4.70. The lowest BCUT2D eigenvalue weighted by molar-refractivity contribution is 0.410. The Morgan fingerprint density at radius 3 is 3.18 bits per heavy atom. The summed E-state index contributed by atoms with van der Waals surface area (Å²) in [5, 5.41) is 7.06. The molecular weight excluding hydrogens is 140 g/mol. The van der Waals surface area contributed by atoms with Gasteiger partial charge in [0.1, 0.15) is 6.26 Å². The molecule has 0 atom stereocenters. The molecule has 3 heteroatoms. The molecule has 1 N–H and O–H groups in total. The molecule has 0 saturated carbocycles. The fourth-order valence-electron chi connectivity index (χ4n) is 0.938. The summed E-state index contributed by atoms with van der Waals surface area (Å²) in [5.74, 6) is 0. The zero-order chi connectivity index (χ0) is 7.94. The molecule has 1 heterocycles. The predicted octanol–water partition coefficient (Wildman–Crippen LogP) is 1.22. The first-order valence-corrected chi connectivity index (χ1v) is 4.03. The number of nitrogens with zero attached hydrogens (tertiary/aromatic N) is 1. The summed E-state index contributed by atoms with van der Waals surface area (Å²) >= 11 is 0. The van der Waals surface area contributed by atoms with E-state index in [0.29, 0.717) is 0 Å². The summed E-state index contributed by atoms with van der Waals surface area (Å²) in [4.78, 5) is 0. The van der Waals surface area contributed by atoms with Crippen LogP contribution in [0.3, 0.4) is 0 Å². The normalized spacial score (nSPS) is 10.3. The van der Waals surface area contributed by atoms with Gasteiger partial charge in [-0.05, 0) is 25.9 Å². The van der Waals surface area contributed by atoms with E-state index in [0.717, 1.165) is 31.6 Å². The SMILES string of the molecule is CCNCCCc1ccon1. The molecule has 0 spiro atoms. The van der Waals surface area contributed by atoms with Crippen LogP contribution in [0.5, 0.6) is 0 Å². The number of aromatic nitrogens is 1. The van der Waals surface area contributed by atoms with Gasteiger partial charge in [0.05, 0.1) is 5.69 Å². The van der Waals surface area contributed by atoms with Gasteiger partial charge in [-0.15, -0.1) is 0 Å². The van der Waals surface area contributed by atoms with E-state index in [9.17, 15) is 0 Å². The van der Waals surface area contributed by atoms with Gasteiger partial charge in [-0.25, -0.2) is 0 Å². The van der Waals surface area contributed by atoms with Crippen LogP contribution in [-0.2, 0) is 6.42 Å². The van der Waals surface area contributed by atoms with Gasteiger partial charge >= 0.3 is 0 Å². The van der Waals surface area contributed by atoms with Crippen molar-refractivity contribution in [2.75, 3.05) is 13.1 Å². The molecule has 0 saturated heterocycles. The van der Waals surface area contributed by atoms with Crippen molar-refractivity contribution in [1.82, 2.24) is 10.5 Å². The van der Waals surface area contributed by atoms with Crippen molar-refractivity contribution in [3.63, 3.8) is 0 Å². The first kappa shape index (κ1) is 8.27. The van der Waals surface area contributed by atoms with Gasteiger partial charge in [-0.3, -0.25) is 0 Å². The number of hydrogen-bond acceptors (Lipinski definition) is 3. The second-order valence-corrected chi connectivity index (χ2v) is 2.45. The van der Waals surface area contributed by atoms with Crippen LogP contribution >= 0.6 is 0 Å². The van der Waals surface area contributed by atoms with Crippen molar-refractivity contribution in [2.45, 2.75) is 19.8 Å². The number of nitrogens with one attached hydrogen (secondary N) is 1. The van der Waals surface area contributed by atoms with Gasteiger partial charge < -0.3 is 9.84 Å². The van der Waals surface area contributed by atoms with E-state index in [1.165, 1.54) is 0 Å². The molecule has 1 aromatic rings. The first-order chi connectivity index (χ1) is 5.43. The van der Waals surface area contributed by atoms with Crippen molar-refractivity contribution in [3.05, 3.63) is 18.0 Å². The molecular formula is C8H14N2O. The second kappa shape index (κ2) is 4.91. The molecule has 0 fully saturated rings. The molecule has 0 aliphatic rings. The molecule has 0 unspecified atom stereocenters. The first-order valence-electron chi connectivity index (χ1n) is 4.03. The Labute approximate surface area is 66.8 Å². The van der Waals surface area contributed by atoms with Gasteiger partial charge in [-0.2, -0.15) is 0 Å². The summed E-state index contributed by atoms with van der Waals surface area (Å²) in [6.45, 7) is 4.21. The van der Waals surface area contributed by atoms with Crippen molar-refractivity contribution in [2.24, 2.45) is 0 Å². The van der Waals surface area contributed by atoms with E-state index in [-0.39, 0.29) is 0 Å². The maximum absolute atomic E-state index is 4.70. The minimum Gasteiger partial charge on any atom is -0.365 e. The largest absolute Gasteiger partial charge is 0.365 e. The highest BCUT2D eigenvalue weighted by molar-refractivity contribution is 4.94. The fraction of sp³-hybridized carbons (Fsp3) is 0.625. The molecule has 62 valence electrons. The van der Waals surface area contributed by atoms with Crippen LogP contribution in [0, 0.1) is 0 Å². The molecule has 0 aliphatic carbocycles. The maximum Gasteiger partial charge on any atom is 0.124 e. The van der Waals surface area contributed by atoms with Crippen LogP contribution < -0.4 is 5.32 Å². The molecule has 0 aromatic carbocycles. The number of hydrogen-bond donors (Lipinski definition) is 1. The Bertz CT molecular complexity index is 172. The average molecular weight is 154 g/mol. The molecule has 0 bridgehead atoms. The number of rotatable bonds is 5. The average Bonchev–Trinajstić information content (AvgIpc) is 2.50. The molecule has 1 aromatic heterocycles. The van der Waals surface area contributed by atoms with E-state index >= 15 is 0 Å². The third-order valence-electron chi connectivity index (χ3n) is 1.53. The summed E-state index contributed by atoms with van der Waals surface area (Å²) in [5.41, 5.74) is 1.04. The van der Waals surface area contributed by atoms with Gasteiger partial charge in [0.25, 0.3) is 0 Å². The van der Waals surface area contributed by atoms with E-state index in [1.54, 1.807) is 6.26 Å². The Balaban J connectivity index is 2.04. The standard InChI is InChI=1S/C8H14N2O/c1-2-9-6-3-4-8-5-7-11-10-8/h5,7,9H,2-4,6H2,1H3. The van der Waals surface area contributed by atoms with Crippen molar-refractivity contribution >= 4 is 0 Å². The van der Waals surface area contributed by atoms with Crippen LogP contribution in [0.1, 0.15) is 19.0 Å². The van der Waals surface area contributed by atoms with Crippen LogP contribution in [0.15, 0.2) is 16.9 Å². The smallest absolute Gasteiger partial charge is 0.124 e. The lowest BCUT2D eigenvalue weighted by Crippen LogP contribution is -2.14. The number of aryl methyl sites for hydroxylation is 1. The molecule has 0 aliphatic heterocycles. The lowest BCUT2D eigenvalue weighted by Gasteiger charge is -1.97. The summed E-state index contributed by atoms with van der Waals surface area (Å²) < 4.78 is 4.70. The third kappa shape index (κ3) is 3.18. The minimum atomic E-state index is 1.00. The molecule has 0 radical (unpaired) electrons. The van der Waals surface area contributed by atoms with Crippen LogP contribution in [0.4, 0.5) is 0 Å². The van der Waals surface area contributed by atoms with Gasteiger partial charge in [0.2, 0.25) is 0 Å². The van der Waals surface area contributed by atoms with E-state index in [1.807, 2.05) is 6.07 Å². The lowest BCUT2D eigenvalue weighted by atomic mass is 10.2. The van der Waals surface area contributed by atoms with Gasteiger partial charge in [0, 0.05) is 6.07 Å². The quantitative estimate of drug-likeness (QED) is 0.648. The Morgan fingerprint density at radius 1 is 1.64 bits per heavy atom. The second-order valence-electron chi connectivity index (χ2n) is 2.45. The van der Waals surface area contributed by atoms with Crippen LogP contribution in [0.2, 0.25) is 0 Å². The Hall–Kier alpha value is -0.830. The Morgan fingerprint density at radius 2 is 2.55 bits per heavy atom. The van der Waals surface area contributed by atoms with Crippen molar-refractivity contribution in [3.8, 4) is 0 Å². The predicted molar refractivity (Wildman–Crippen MR) is 43.4 cm³/mol. The fourth-order valence-corrected chi connectivity index (χ4v) is 0.938. The zero-order valence-corrected chi connectivity index (χ0v) is 6.84. The minimum absolute atomic E-state index is 1.00. The van der Waals surface area contributed by atoms with E-state index < -0.39 is 0 Å². The molecule has 1 rings (SSSR count). The zero-order valence-electron chi connectivity index (χ0n) is 6.84. The molecule has 0 amide bonds. The van der Waals surface area contributed by atoms with Gasteiger partial charge in [-0.1, -0.05) is 12.1 Å². The summed E-state index contributed by atoms with van der Waals surface area (Å²) in [7, 11) is 0. The highest BCUT2D eigenvalue weighted by Gasteiger charge is 1.94. The topological polar surface area (TPSA) is 38.1 Å². The highest BCUT2D eigenvalue weighted by atomic mass is 16.5. The summed E-state index contributed by atoms with van der Waals surface area (Å²) in [6, 6.07) is 1.91. The van der Waals surface area contributed by atoms with Crippen LogP contribution in [-0.4, -0.2) is 18.2 Å². The Kier molecular flexibility index (Phi) is 3.69. The van der Waals surface area contributed by atoms with Crippen molar-refractivity contribution in [1.29, 1.82) is 0 Å². The summed E-state index contributed by atoms with van der Waals surface area (Å²) in [6.07, 6.45) is 3.74. The van der Waals surface area contributed by atoms with Crippen LogP contribution in [0.25, 0.3) is 0 Å².